The first kappa shape index (κ1) is 19.2. The van der Waals surface area contributed by atoms with Crippen molar-refractivity contribution in [3.05, 3.63) is 58.0 Å². The van der Waals surface area contributed by atoms with Crippen molar-refractivity contribution in [3.63, 3.8) is 0 Å². The van der Waals surface area contributed by atoms with Crippen LogP contribution in [-0.2, 0) is 6.54 Å². The number of hydrogen-bond donors (Lipinski definition) is 1. The van der Waals surface area contributed by atoms with E-state index in [2.05, 4.69) is 15.0 Å². The van der Waals surface area contributed by atoms with Gasteiger partial charge in [-0.25, -0.2) is 0 Å². The van der Waals surface area contributed by atoms with Gasteiger partial charge in [-0.05, 0) is 44.1 Å². The Morgan fingerprint density at radius 2 is 2.07 bits per heavy atom. The number of rotatable bonds is 9. The van der Waals surface area contributed by atoms with E-state index in [1.165, 1.54) is 12.1 Å². The van der Waals surface area contributed by atoms with Crippen molar-refractivity contribution >= 4 is 5.69 Å². The Labute approximate surface area is 155 Å². The number of ether oxygens (including phenoxy) is 1. The minimum atomic E-state index is -2.99. The van der Waals surface area contributed by atoms with Gasteiger partial charge in [-0.15, -0.1) is 0 Å². The molecule has 2 heterocycles. The lowest BCUT2D eigenvalue weighted by molar-refractivity contribution is -0.385. The fraction of sp³-hybridized carbons (Fsp3) is 0.444. The second kappa shape index (κ2) is 8.92. The number of benzene rings is 1. The van der Waals surface area contributed by atoms with E-state index in [4.69, 9.17) is 4.42 Å². The first-order valence-corrected chi connectivity index (χ1v) is 8.75. The molecule has 27 heavy (non-hydrogen) atoms. The van der Waals surface area contributed by atoms with Crippen molar-refractivity contribution in [2.24, 2.45) is 0 Å². The van der Waals surface area contributed by atoms with E-state index in [0.29, 0.717) is 12.1 Å². The van der Waals surface area contributed by atoms with Crippen molar-refractivity contribution < 1.29 is 22.9 Å². The predicted octanol–water partition coefficient (Wildman–Crippen LogP) is 3.72. The van der Waals surface area contributed by atoms with Crippen molar-refractivity contribution in [1.82, 2.24) is 10.2 Å². The highest BCUT2D eigenvalue weighted by Gasteiger charge is 2.25. The van der Waals surface area contributed by atoms with Crippen LogP contribution in [0.15, 0.2) is 41.0 Å². The maximum absolute atomic E-state index is 12.6. The minimum Gasteiger partial charge on any atom is -0.468 e. The second-order valence-corrected chi connectivity index (χ2v) is 6.33. The van der Waals surface area contributed by atoms with Gasteiger partial charge in [-0.2, -0.15) is 8.78 Å². The Balaban J connectivity index is 1.70. The van der Waals surface area contributed by atoms with Crippen LogP contribution in [0.3, 0.4) is 0 Å². The van der Waals surface area contributed by atoms with Gasteiger partial charge in [-0.3, -0.25) is 15.0 Å². The summed E-state index contributed by atoms with van der Waals surface area (Å²) < 4.78 is 35.2. The molecule has 0 spiro atoms. The number of halogens is 2. The maximum Gasteiger partial charge on any atom is 0.387 e. The number of nitrogens with zero attached hydrogens (tertiary/aromatic N) is 2. The smallest absolute Gasteiger partial charge is 0.387 e. The molecule has 1 atom stereocenters. The molecular weight excluding hydrogens is 360 g/mol. The van der Waals surface area contributed by atoms with Crippen LogP contribution in [0.5, 0.6) is 5.75 Å². The van der Waals surface area contributed by atoms with E-state index in [-0.39, 0.29) is 24.0 Å². The van der Waals surface area contributed by atoms with E-state index in [0.717, 1.165) is 37.8 Å². The highest BCUT2D eigenvalue weighted by Crippen LogP contribution is 2.27. The molecule has 1 unspecified atom stereocenters. The summed E-state index contributed by atoms with van der Waals surface area (Å²) in [4.78, 5) is 12.7. The molecule has 7 nitrogen and oxygen atoms in total. The molecular formula is C18H21F2N3O4. The average Bonchev–Trinajstić information content (AvgIpc) is 3.33. The van der Waals surface area contributed by atoms with Crippen molar-refractivity contribution in [2.75, 3.05) is 19.6 Å². The minimum absolute atomic E-state index is 0.0145. The number of nitrogens with one attached hydrogen (secondary N) is 1. The SMILES string of the molecule is O=[N+]([O-])c1ccc(OC(F)F)c(CNCC(c2ccco2)N2CCCC2)c1. The Morgan fingerprint density at radius 3 is 2.70 bits per heavy atom. The first-order chi connectivity index (χ1) is 13.0. The zero-order chi connectivity index (χ0) is 19.2. The first-order valence-electron chi connectivity index (χ1n) is 8.75. The fourth-order valence-electron chi connectivity index (χ4n) is 3.32. The number of alkyl halides is 2. The van der Waals surface area contributed by atoms with Crippen molar-refractivity contribution in [2.45, 2.75) is 32.0 Å². The van der Waals surface area contributed by atoms with Crippen molar-refractivity contribution in [3.8, 4) is 5.75 Å². The summed E-state index contributed by atoms with van der Waals surface area (Å²) in [5.74, 6) is 0.756. The summed E-state index contributed by atoms with van der Waals surface area (Å²) in [5, 5.41) is 14.2. The molecule has 2 aromatic rings. The summed E-state index contributed by atoms with van der Waals surface area (Å²) in [6.07, 6.45) is 3.86. The largest absolute Gasteiger partial charge is 0.468 e. The third-order valence-corrected chi connectivity index (χ3v) is 4.58. The molecule has 1 aromatic carbocycles. The quantitative estimate of drug-likeness (QED) is 0.527. The maximum atomic E-state index is 12.6. The third kappa shape index (κ3) is 5.01. The van der Waals surface area contributed by atoms with Gasteiger partial charge in [-0.1, -0.05) is 0 Å². The fourth-order valence-corrected chi connectivity index (χ4v) is 3.32. The number of nitro benzene ring substituents is 1. The van der Waals surface area contributed by atoms with Gasteiger partial charge in [0, 0.05) is 30.8 Å². The normalized spacial score (nSPS) is 16.0. The molecule has 1 aromatic heterocycles. The number of hydrogen-bond acceptors (Lipinski definition) is 6. The molecule has 1 aliphatic rings. The molecule has 0 bridgehead atoms. The molecule has 0 amide bonds. The summed E-state index contributed by atoms with van der Waals surface area (Å²) >= 11 is 0. The van der Waals surface area contributed by atoms with Gasteiger partial charge in [0.25, 0.3) is 5.69 Å². The Hall–Kier alpha value is -2.52. The second-order valence-electron chi connectivity index (χ2n) is 6.33. The van der Waals surface area contributed by atoms with Crippen LogP contribution in [-0.4, -0.2) is 36.1 Å². The zero-order valence-electron chi connectivity index (χ0n) is 14.6. The van der Waals surface area contributed by atoms with E-state index in [9.17, 15) is 18.9 Å². The predicted molar refractivity (Wildman–Crippen MR) is 93.7 cm³/mol. The lowest BCUT2D eigenvalue weighted by atomic mass is 10.1. The van der Waals surface area contributed by atoms with Crippen LogP contribution >= 0.6 is 0 Å². The lowest BCUT2D eigenvalue weighted by Crippen LogP contribution is -2.33. The molecule has 1 saturated heterocycles. The number of non-ortho nitro benzene ring substituents is 1. The number of likely N-dealkylation sites (tertiary alicyclic amines) is 1. The van der Waals surface area contributed by atoms with Gasteiger partial charge in [0.2, 0.25) is 0 Å². The Bertz CT molecular complexity index is 749. The van der Waals surface area contributed by atoms with Crippen LogP contribution in [0.4, 0.5) is 14.5 Å². The molecule has 9 heteroatoms. The highest BCUT2D eigenvalue weighted by atomic mass is 19.3. The molecule has 3 rings (SSSR count). The van der Waals surface area contributed by atoms with Crippen LogP contribution in [0.1, 0.15) is 30.2 Å². The topological polar surface area (TPSA) is 80.8 Å². The third-order valence-electron chi connectivity index (χ3n) is 4.58. The Morgan fingerprint density at radius 1 is 1.30 bits per heavy atom. The van der Waals surface area contributed by atoms with E-state index in [1.54, 1.807) is 6.26 Å². The van der Waals surface area contributed by atoms with E-state index >= 15 is 0 Å². The van der Waals surface area contributed by atoms with Gasteiger partial charge < -0.3 is 14.5 Å². The summed E-state index contributed by atoms with van der Waals surface area (Å²) in [6.45, 7) is -0.391. The number of nitro groups is 1. The zero-order valence-corrected chi connectivity index (χ0v) is 14.6. The van der Waals surface area contributed by atoms with Gasteiger partial charge >= 0.3 is 6.61 Å². The molecule has 0 saturated carbocycles. The van der Waals surface area contributed by atoms with Crippen LogP contribution < -0.4 is 10.1 Å². The van der Waals surface area contributed by atoms with Crippen LogP contribution in [0, 0.1) is 10.1 Å². The molecule has 0 aliphatic carbocycles. The number of furan rings is 1. The van der Waals surface area contributed by atoms with Gasteiger partial charge in [0.05, 0.1) is 17.2 Å². The molecule has 1 N–H and O–H groups in total. The van der Waals surface area contributed by atoms with Crippen LogP contribution in [0.25, 0.3) is 0 Å². The molecule has 146 valence electrons. The van der Waals surface area contributed by atoms with Gasteiger partial charge in [0.15, 0.2) is 0 Å². The molecule has 1 aliphatic heterocycles. The van der Waals surface area contributed by atoms with Crippen LogP contribution in [0.2, 0.25) is 0 Å². The van der Waals surface area contributed by atoms with Gasteiger partial charge in [0.1, 0.15) is 11.5 Å². The van der Waals surface area contributed by atoms with E-state index in [1.807, 2.05) is 12.1 Å². The standard InChI is InChI=1S/C18H21F2N3O4/c19-18(20)27-16-6-5-14(23(24)25)10-13(16)11-21-12-15(17-4-3-9-26-17)22-7-1-2-8-22/h3-6,9-10,15,18,21H,1-2,7-8,11-12H2. The average molecular weight is 381 g/mol. The lowest BCUT2D eigenvalue weighted by Gasteiger charge is -2.26. The van der Waals surface area contributed by atoms with E-state index < -0.39 is 11.5 Å². The van der Waals surface area contributed by atoms with Crippen molar-refractivity contribution in [1.29, 1.82) is 0 Å². The molecule has 1 fully saturated rings. The highest BCUT2D eigenvalue weighted by molar-refractivity contribution is 5.43. The summed E-state index contributed by atoms with van der Waals surface area (Å²) in [6, 6.07) is 7.35. The summed E-state index contributed by atoms with van der Waals surface area (Å²) in [7, 11) is 0. The monoisotopic (exact) mass is 381 g/mol. The summed E-state index contributed by atoms with van der Waals surface area (Å²) in [5.41, 5.74) is 0.139. The Kier molecular flexibility index (Phi) is 6.36. The molecule has 0 radical (unpaired) electrons.